The monoisotopic (exact) mass is 565 g/mol. The van der Waals surface area contributed by atoms with Crippen molar-refractivity contribution in [3.05, 3.63) is 35.4 Å². The van der Waals surface area contributed by atoms with Gasteiger partial charge in [-0.1, -0.05) is 12.1 Å². The summed E-state index contributed by atoms with van der Waals surface area (Å²) in [5, 5.41) is 6.69. The maximum absolute atomic E-state index is 12.1. The fourth-order valence-corrected chi connectivity index (χ4v) is 4.52. The summed E-state index contributed by atoms with van der Waals surface area (Å²) in [7, 11) is 0.381. The molecule has 0 radical (unpaired) electrons. The molecule has 1 aromatic carbocycles. The molecule has 1 saturated heterocycles. The second kappa shape index (κ2) is 13.2. The van der Waals surface area contributed by atoms with Crippen LogP contribution in [0.5, 0.6) is 0 Å². The third-order valence-corrected chi connectivity index (χ3v) is 7.03. The largest absolute Gasteiger partial charge is 0.357 e. The lowest BCUT2D eigenvalue weighted by Gasteiger charge is -2.32. The number of carbonyl (C=O) groups is 1. The quantitative estimate of drug-likeness (QED) is 0.286. The topological polar surface area (TPSA) is 94.1 Å². The molecule has 1 amide bonds. The summed E-state index contributed by atoms with van der Waals surface area (Å²) in [5.41, 5.74) is 1.75. The maximum Gasteiger partial charge on any atom is 0.253 e. The van der Waals surface area contributed by atoms with Crippen LogP contribution in [0.2, 0.25) is 0 Å². The Morgan fingerprint density at radius 2 is 1.90 bits per heavy atom. The Hall–Kier alpha value is -1.40. The molecule has 0 aliphatic carbocycles. The highest BCUT2D eigenvalue weighted by atomic mass is 127. The van der Waals surface area contributed by atoms with Crippen molar-refractivity contribution in [2.45, 2.75) is 39.2 Å². The van der Waals surface area contributed by atoms with Gasteiger partial charge >= 0.3 is 0 Å². The average molecular weight is 566 g/mol. The molecule has 1 heterocycles. The second-order valence-corrected chi connectivity index (χ2v) is 9.89. The van der Waals surface area contributed by atoms with Crippen LogP contribution in [0.1, 0.15) is 42.6 Å². The van der Waals surface area contributed by atoms with E-state index in [1.807, 2.05) is 31.2 Å². The van der Waals surface area contributed by atoms with Crippen molar-refractivity contribution in [2.75, 3.05) is 46.0 Å². The summed E-state index contributed by atoms with van der Waals surface area (Å²) in [4.78, 5) is 18.4. The van der Waals surface area contributed by atoms with Crippen molar-refractivity contribution in [3.63, 3.8) is 0 Å². The molecule has 1 aromatic rings. The van der Waals surface area contributed by atoms with Gasteiger partial charge in [-0.3, -0.25) is 9.79 Å². The van der Waals surface area contributed by atoms with Gasteiger partial charge in [-0.05, 0) is 50.8 Å². The van der Waals surface area contributed by atoms with Crippen LogP contribution in [0.25, 0.3) is 0 Å². The first-order valence-corrected chi connectivity index (χ1v) is 12.2. The first-order valence-electron chi connectivity index (χ1n) is 10.6. The molecule has 0 unspecified atom stereocenters. The SMILES string of the molecule is CCNC(=NCCc1cccc(C(=O)N(C)C)c1)NC1CCN(S(=O)(=O)CC)CC1.I. The number of carbonyl (C=O) groups excluding carboxylic acids is 1. The van der Waals surface area contributed by atoms with E-state index >= 15 is 0 Å². The zero-order chi connectivity index (χ0) is 22.1. The fourth-order valence-electron chi connectivity index (χ4n) is 3.39. The van der Waals surface area contributed by atoms with Gasteiger partial charge < -0.3 is 15.5 Å². The number of benzene rings is 1. The zero-order valence-corrected chi connectivity index (χ0v) is 22.1. The number of hydrogen-bond donors (Lipinski definition) is 2. The van der Waals surface area contributed by atoms with Gasteiger partial charge in [0.25, 0.3) is 5.91 Å². The minimum Gasteiger partial charge on any atom is -0.357 e. The van der Waals surface area contributed by atoms with Gasteiger partial charge in [0.05, 0.1) is 5.75 Å². The molecule has 0 atom stereocenters. The lowest BCUT2D eigenvalue weighted by molar-refractivity contribution is 0.0827. The molecule has 1 fully saturated rings. The van der Waals surface area contributed by atoms with Gasteiger partial charge in [-0.25, -0.2) is 12.7 Å². The van der Waals surface area contributed by atoms with E-state index in [4.69, 9.17) is 0 Å². The molecule has 8 nitrogen and oxygen atoms in total. The Bertz CT molecular complexity index is 837. The maximum atomic E-state index is 12.1. The molecule has 1 aliphatic heterocycles. The van der Waals surface area contributed by atoms with Crippen LogP contribution < -0.4 is 10.6 Å². The number of piperidine rings is 1. The Balaban J connectivity index is 0.00000480. The van der Waals surface area contributed by atoms with E-state index in [1.54, 1.807) is 30.2 Å². The van der Waals surface area contributed by atoms with E-state index in [9.17, 15) is 13.2 Å². The Morgan fingerprint density at radius 3 is 2.48 bits per heavy atom. The number of sulfonamides is 1. The average Bonchev–Trinajstić information content (AvgIpc) is 2.74. The first kappa shape index (κ1) is 27.6. The summed E-state index contributed by atoms with van der Waals surface area (Å²) in [6.45, 7) is 6.13. The predicted octanol–water partition coefficient (Wildman–Crippen LogP) is 1.92. The lowest BCUT2D eigenvalue weighted by atomic mass is 10.1. The molecule has 0 bridgehead atoms. The van der Waals surface area contributed by atoms with Gasteiger partial charge in [-0.15, -0.1) is 24.0 Å². The summed E-state index contributed by atoms with van der Waals surface area (Å²) < 4.78 is 25.6. The van der Waals surface area contributed by atoms with Gasteiger partial charge in [0.2, 0.25) is 10.0 Å². The Morgan fingerprint density at radius 1 is 1.23 bits per heavy atom. The molecule has 0 spiro atoms. The molecule has 176 valence electrons. The van der Waals surface area contributed by atoms with Gasteiger partial charge in [0.1, 0.15) is 0 Å². The highest BCUT2D eigenvalue weighted by Crippen LogP contribution is 2.14. The van der Waals surface area contributed by atoms with E-state index < -0.39 is 10.0 Å². The summed E-state index contributed by atoms with van der Waals surface area (Å²) >= 11 is 0. The Kier molecular flexibility index (Phi) is 11.8. The third kappa shape index (κ3) is 8.57. The molecule has 1 aliphatic rings. The number of nitrogens with one attached hydrogen (secondary N) is 2. The van der Waals surface area contributed by atoms with Gasteiger partial charge in [0.15, 0.2) is 5.96 Å². The van der Waals surface area contributed by atoms with E-state index in [0.717, 1.165) is 37.3 Å². The first-order chi connectivity index (χ1) is 14.3. The summed E-state index contributed by atoms with van der Waals surface area (Å²) in [5.74, 6) is 0.887. The third-order valence-electron chi connectivity index (χ3n) is 5.15. The molecule has 0 saturated carbocycles. The molecule has 10 heteroatoms. The van der Waals surface area contributed by atoms with Crippen LogP contribution in [0, 0.1) is 0 Å². The smallest absolute Gasteiger partial charge is 0.253 e. The van der Waals surface area contributed by atoms with Crippen molar-refractivity contribution >= 4 is 45.9 Å². The van der Waals surface area contributed by atoms with Gasteiger partial charge in [0, 0.05) is 51.9 Å². The fraction of sp³-hybridized carbons (Fsp3) is 0.619. The van der Waals surface area contributed by atoms with Crippen LogP contribution in [-0.4, -0.2) is 81.6 Å². The highest BCUT2D eigenvalue weighted by Gasteiger charge is 2.26. The van der Waals surface area contributed by atoms with Crippen molar-refractivity contribution in [1.29, 1.82) is 0 Å². The summed E-state index contributed by atoms with van der Waals surface area (Å²) in [6.07, 6.45) is 2.26. The molecular formula is C21H36IN5O3S. The predicted molar refractivity (Wildman–Crippen MR) is 137 cm³/mol. The minimum atomic E-state index is -3.11. The van der Waals surface area contributed by atoms with Crippen LogP contribution >= 0.6 is 24.0 Å². The highest BCUT2D eigenvalue weighted by molar-refractivity contribution is 14.0. The molecule has 0 aromatic heterocycles. The van der Waals surface area contributed by atoms with Crippen LogP contribution in [0.3, 0.4) is 0 Å². The van der Waals surface area contributed by atoms with Crippen LogP contribution in [0.15, 0.2) is 29.3 Å². The van der Waals surface area contributed by atoms with Crippen LogP contribution in [0.4, 0.5) is 0 Å². The Labute approximate surface area is 203 Å². The number of nitrogens with zero attached hydrogens (tertiary/aromatic N) is 3. The number of amides is 1. The number of aliphatic imine (C=N–C) groups is 1. The van der Waals surface area contributed by atoms with Crippen molar-refractivity contribution in [2.24, 2.45) is 4.99 Å². The van der Waals surface area contributed by atoms with Crippen molar-refractivity contribution < 1.29 is 13.2 Å². The van der Waals surface area contributed by atoms with Gasteiger partial charge in [-0.2, -0.15) is 0 Å². The van der Waals surface area contributed by atoms with E-state index in [-0.39, 0.29) is 41.7 Å². The number of hydrogen-bond acceptors (Lipinski definition) is 4. The zero-order valence-electron chi connectivity index (χ0n) is 18.9. The van der Waals surface area contributed by atoms with E-state index in [0.29, 0.717) is 25.2 Å². The standard InChI is InChI=1S/C21H35N5O3S.HI/c1-5-22-21(24-19-11-14-26(15-12-19)30(28,29)6-2)23-13-10-17-8-7-9-18(16-17)20(27)25(3)4;/h7-9,16,19H,5-6,10-15H2,1-4H3,(H2,22,23,24);1H. The lowest BCUT2D eigenvalue weighted by Crippen LogP contribution is -2.50. The minimum absolute atomic E-state index is 0. The molecular weight excluding hydrogens is 529 g/mol. The molecule has 31 heavy (non-hydrogen) atoms. The molecule has 2 rings (SSSR count). The van der Waals surface area contributed by atoms with E-state index in [2.05, 4.69) is 15.6 Å². The van der Waals surface area contributed by atoms with Crippen molar-refractivity contribution in [1.82, 2.24) is 19.8 Å². The normalized spacial score (nSPS) is 15.8. The van der Waals surface area contributed by atoms with Crippen molar-refractivity contribution in [3.8, 4) is 0 Å². The number of guanidine groups is 1. The molecule has 2 N–H and O–H groups in total. The second-order valence-electron chi connectivity index (χ2n) is 7.63. The number of halogens is 1. The summed E-state index contributed by atoms with van der Waals surface area (Å²) in [6, 6.07) is 7.85. The van der Waals surface area contributed by atoms with E-state index in [1.165, 1.54) is 0 Å². The van der Waals surface area contributed by atoms with Crippen LogP contribution in [-0.2, 0) is 16.4 Å². The number of rotatable bonds is 8.